The number of hydrogen-bond acceptors (Lipinski definition) is 0. The van der Waals surface area contributed by atoms with Gasteiger partial charge >= 0.3 is 0 Å². The highest BCUT2D eigenvalue weighted by atomic mass is 14.5. The van der Waals surface area contributed by atoms with E-state index >= 15 is 0 Å². The average Bonchev–Trinajstić information content (AvgIpc) is 2.04. The molecule has 0 amide bonds. The third-order valence-electron chi connectivity index (χ3n) is 4.88. The quantitative estimate of drug-likeness (QED) is 0.566. The number of rotatable bonds is 1. The van der Waals surface area contributed by atoms with Gasteiger partial charge in [0, 0.05) is 0 Å². The van der Waals surface area contributed by atoms with E-state index in [2.05, 4.69) is 20.8 Å². The van der Waals surface area contributed by atoms with Crippen molar-refractivity contribution in [2.75, 3.05) is 0 Å². The molecule has 3 saturated carbocycles. The summed E-state index contributed by atoms with van der Waals surface area (Å²) in [5, 5.41) is 0. The Hall–Kier alpha value is 0. The summed E-state index contributed by atoms with van der Waals surface area (Å²) in [6.45, 7) is 7.38. The average molecular weight is 180 g/mol. The Labute approximate surface area is 83.1 Å². The van der Waals surface area contributed by atoms with Crippen LogP contribution in [-0.2, 0) is 0 Å². The Morgan fingerprint density at radius 1 is 1.31 bits per heavy atom. The molecule has 3 rings (SSSR count). The van der Waals surface area contributed by atoms with E-state index < -0.39 is 0 Å². The van der Waals surface area contributed by atoms with Crippen molar-refractivity contribution in [3.8, 4) is 0 Å². The molecule has 0 heterocycles. The first kappa shape index (κ1) is 9.55. The van der Waals surface area contributed by atoms with Gasteiger partial charge in [-0.1, -0.05) is 40.0 Å². The van der Waals surface area contributed by atoms with Crippen molar-refractivity contribution < 1.29 is 0 Å². The van der Waals surface area contributed by atoms with E-state index in [1.165, 1.54) is 38.5 Å². The molecule has 0 radical (unpaired) electrons. The third kappa shape index (κ3) is 1.65. The highest BCUT2D eigenvalue weighted by molar-refractivity contribution is 4.95. The molecule has 0 nitrogen and oxygen atoms in total. The van der Waals surface area contributed by atoms with Crippen molar-refractivity contribution in [1.82, 2.24) is 0 Å². The molecule has 3 aliphatic rings. The lowest BCUT2D eigenvalue weighted by molar-refractivity contribution is -0.0131. The molecule has 76 valence electrons. The normalized spacial score (nSPS) is 50.5. The van der Waals surface area contributed by atoms with E-state index in [4.69, 9.17) is 0 Å². The topological polar surface area (TPSA) is 0 Å². The molecule has 0 spiro atoms. The van der Waals surface area contributed by atoms with E-state index in [-0.39, 0.29) is 0 Å². The summed E-state index contributed by atoms with van der Waals surface area (Å²) in [4.78, 5) is 0. The van der Waals surface area contributed by atoms with Gasteiger partial charge in [0.2, 0.25) is 0 Å². The van der Waals surface area contributed by atoms with E-state index in [0.29, 0.717) is 0 Å². The van der Waals surface area contributed by atoms with Crippen molar-refractivity contribution in [2.45, 2.75) is 59.3 Å². The Morgan fingerprint density at radius 2 is 2.00 bits per heavy atom. The molecule has 3 fully saturated rings. The Bertz CT molecular complexity index is 176. The van der Waals surface area contributed by atoms with Crippen LogP contribution >= 0.6 is 0 Å². The summed E-state index contributed by atoms with van der Waals surface area (Å²) in [6, 6.07) is 0. The fraction of sp³-hybridized carbons (Fsp3) is 1.00. The standard InChI is InChI=1S/C13H24/c1-4-11-6-5-7-13(3)8-12(9-13)10(11)2/h10-12H,4-9H2,1-3H3. The summed E-state index contributed by atoms with van der Waals surface area (Å²) in [6.07, 6.45) is 8.98. The molecular formula is C13H24. The summed E-state index contributed by atoms with van der Waals surface area (Å²) < 4.78 is 0. The van der Waals surface area contributed by atoms with Gasteiger partial charge in [0.15, 0.2) is 0 Å². The summed E-state index contributed by atoms with van der Waals surface area (Å²) in [5.74, 6) is 3.13. The molecular weight excluding hydrogens is 156 g/mol. The molecule has 0 N–H and O–H groups in total. The van der Waals surface area contributed by atoms with Crippen molar-refractivity contribution in [2.24, 2.45) is 23.2 Å². The zero-order chi connectivity index (χ0) is 9.47. The lowest BCUT2D eigenvalue weighted by Crippen LogP contribution is -2.41. The van der Waals surface area contributed by atoms with Crippen LogP contribution in [-0.4, -0.2) is 0 Å². The van der Waals surface area contributed by atoms with Gasteiger partial charge in [-0.05, 0) is 42.4 Å². The lowest BCUT2D eigenvalue weighted by atomic mass is 9.53. The minimum Gasteiger partial charge on any atom is -0.0651 e. The minimum absolute atomic E-state index is 0.762. The van der Waals surface area contributed by atoms with Crippen LogP contribution in [0.2, 0.25) is 0 Å². The van der Waals surface area contributed by atoms with Crippen molar-refractivity contribution in [3.05, 3.63) is 0 Å². The zero-order valence-electron chi connectivity index (χ0n) is 9.47. The van der Waals surface area contributed by atoms with Crippen molar-refractivity contribution in [3.63, 3.8) is 0 Å². The predicted octanol–water partition coefficient (Wildman–Crippen LogP) is 4.25. The fourth-order valence-electron chi connectivity index (χ4n) is 3.80. The van der Waals surface area contributed by atoms with Crippen LogP contribution in [0.25, 0.3) is 0 Å². The Kier molecular flexibility index (Phi) is 2.42. The predicted molar refractivity (Wildman–Crippen MR) is 57.6 cm³/mol. The van der Waals surface area contributed by atoms with Crippen molar-refractivity contribution >= 4 is 0 Å². The lowest BCUT2D eigenvalue weighted by Gasteiger charge is -2.52. The molecule has 0 saturated heterocycles. The first-order valence-electron chi connectivity index (χ1n) is 6.14. The SMILES string of the molecule is CCC1CCCC2(C)CC(C2)C1C. The number of hydrogen-bond donors (Lipinski definition) is 0. The van der Waals surface area contributed by atoms with Crippen LogP contribution in [0.15, 0.2) is 0 Å². The molecule has 0 aliphatic heterocycles. The van der Waals surface area contributed by atoms with Gasteiger partial charge < -0.3 is 0 Å². The maximum absolute atomic E-state index is 2.50. The number of fused-ring (bicyclic) bond motifs is 4. The molecule has 0 heteroatoms. The van der Waals surface area contributed by atoms with Gasteiger partial charge in [0.05, 0.1) is 0 Å². The Balaban J connectivity index is 2.01. The fourth-order valence-corrected chi connectivity index (χ4v) is 3.80. The molecule has 13 heavy (non-hydrogen) atoms. The summed E-state index contributed by atoms with van der Waals surface area (Å²) in [7, 11) is 0. The van der Waals surface area contributed by atoms with E-state index in [0.717, 1.165) is 23.2 Å². The molecule has 0 aromatic rings. The molecule has 2 bridgehead atoms. The molecule has 2 atom stereocenters. The second-order valence-corrected chi connectivity index (χ2v) is 5.90. The zero-order valence-corrected chi connectivity index (χ0v) is 9.47. The van der Waals surface area contributed by atoms with Gasteiger partial charge in [-0.25, -0.2) is 0 Å². The second kappa shape index (κ2) is 3.29. The van der Waals surface area contributed by atoms with Gasteiger partial charge in [-0.3, -0.25) is 0 Å². The molecule has 0 aromatic heterocycles. The van der Waals surface area contributed by atoms with Crippen LogP contribution in [0.3, 0.4) is 0 Å². The van der Waals surface area contributed by atoms with Crippen LogP contribution in [0.5, 0.6) is 0 Å². The van der Waals surface area contributed by atoms with Gasteiger partial charge in [0.25, 0.3) is 0 Å². The smallest absolute Gasteiger partial charge is 0.0320 e. The first-order valence-corrected chi connectivity index (χ1v) is 6.14. The minimum atomic E-state index is 0.762. The van der Waals surface area contributed by atoms with Crippen LogP contribution in [0.4, 0.5) is 0 Å². The molecule has 3 aliphatic carbocycles. The summed E-state index contributed by atoms with van der Waals surface area (Å²) >= 11 is 0. The summed E-state index contributed by atoms with van der Waals surface area (Å²) in [5.41, 5.74) is 0.762. The Morgan fingerprint density at radius 3 is 2.62 bits per heavy atom. The highest BCUT2D eigenvalue weighted by Crippen LogP contribution is 2.55. The molecule has 0 aromatic carbocycles. The first-order chi connectivity index (χ1) is 6.14. The van der Waals surface area contributed by atoms with Gasteiger partial charge in [-0.2, -0.15) is 0 Å². The largest absolute Gasteiger partial charge is 0.0651 e. The van der Waals surface area contributed by atoms with Crippen molar-refractivity contribution in [1.29, 1.82) is 0 Å². The maximum Gasteiger partial charge on any atom is -0.0320 e. The van der Waals surface area contributed by atoms with E-state index in [9.17, 15) is 0 Å². The van der Waals surface area contributed by atoms with Crippen LogP contribution < -0.4 is 0 Å². The van der Waals surface area contributed by atoms with Gasteiger partial charge in [-0.15, -0.1) is 0 Å². The van der Waals surface area contributed by atoms with Crippen LogP contribution in [0.1, 0.15) is 59.3 Å². The van der Waals surface area contributed by atoms with E-state index in [1.54, 1.807) is 0 Å². The van der Waals surface area contributed by atoms with E-state index in [1.807, 2.05) is 0 Å². The second-order valence-electron chi connectivity index (χ2n) is 5.90. The van der Waals surface area contributed by atoms with Crippen LogP contribution in [0, 0.1) is 23.2 Å². The third-order valence-corrected chi connectivity index (χ3v) is 4.88. The highest BCUT2D eigenvalue weighted by Gasteiger charge is 2.44. The monoisotopic (exact) mass is 180 g/mol. The maximum atomic E-state index is 2.50. The molecule has 2 unspecified atom stereocenters. The van der Waals surface area contributed by atoms with Gasteiger partial charge in [0.1, 0.15) is 0 Å².